The van der Waals surface area contributed by atoms with E-state index >= 15 is 0 Å². The summed E-state index contributed by atoms with van der Waals surface area (Å²) < 4.78 is 30.8. The molecule has 2 aromatic rings. The number of carbonyl (C=O) groups excluding carboxylic acids is 2. The van der Waals surface area contributed by atoms with Crippen molar-refractivity contribution in [3.8, 4) is 0 Å². The summed E-state index contributed by atoms with van der Waals surface area (Å²) in [6, 6.07) is 7.14. The molecule has 0 saturated heterocycles. The van der Waals surface area contributed by atoms with Crippen LogP contribution in [0.25, 0.3) is 0 Å². The Hall–Kier alpha value is -2.96. The van der Waals surface area contributed by atoms with Crippen LogP contribution in [0.3, 0.4) is 0 Å². The van der Waals surface area contributed by atoms with Gasteiger partial charge in [-0.2, -0.15) is 0 Å². The van der Waals surface area contributed by atoms with Crippen molar-refractivity contribution in [2.75, 3.05) is 17.7 Å². The lowest BCUT2D eigenvalue weighted by Gasteiger charge is -2.10. The van der Waals surface area contributed by atoms with Crippen molar-refractivity contribution in [3.05, 3.63) is 59.2 Å². The molecule has 7 heteroatoms. The number of nitrogen functional groups attached to an aromatic ring is 1. The normalized spacial score (nSPS) is 10.2. The predicted octanol–water partition coefficient (Wildman–Crippen LogP) is 2.65. The van der Waals surface area contributed by atoms with Crippen LogP contribution in [0.2, 0.25) is 0 Å². The van der Waals surface area contributed by atoms with Gasteiger partial charge in [-0.25, -0.2) is 13.6 Å². The number of nitrogens with one attached hydrogen (secondary N) is 1. The maximum atomic E-state index is 13.1. The minimum absolute atomic E-state index is 0.0406. The summed E-state index contributed by atoms with van der Waals surface area (Å²) in [6.07, 6.45) is 0. The Bertz CT molecular complexity index is 763. The van der Waals surface area contributed by atoms with Gasteiger partial charge in [-0.3, -0.25) is 4.79 Å². The van der Waals surface area contributed by atoms with Crippen molar-refractivity contribution in [3.63, 3.8) is 0 Å². The first-order valence-corrected chi connectivity index (χ1v) is 6.65. The first kappa shape index (κ1) is 16.4. The number of aryl methyl sites for hydroxylation is 1. The molecule has 0 aliphatic rings. The molecule has 0 fully saturated rings. The molecule has 0 saturated carbocycles. The molecule has 0 unspecified atom stereocenters. The molecule has 120 valence electrons. The van der Waals surface area contributed by atoms with E-state index in [1.165, 1.54) is 18.2 Å². The second kappa shape index (κ2) is 6.87. The quantitative estimate of drug-likeness (QED) is 0.670. The maximum absolute atomic E-state index is 13.1. The van der Waals surface area contributed by atoms with Crippen molar-refractivity contribution in [2.45, 2.75) is 6.92 Å². The maximum Gasteiger partial charge on any atom is 0.340 e. The molecule has 0 aliphatic heterocycles. The van der Waals surface area contributed by atoms with Gasteiger partial charge in [-0.1, -0.05) is 6.07 Å². The monoisotopic (exact) mass is 320 g/mol. The first-order valence-electron chi connectivity index (χ1n) is 6.65. The van der Waals surface area contributed by atoms with E-state index in [2.05, 4.69) is 5.32 Å². The molecule has 0 heterocycles. The average molecular weight is 320 g/mol. The molecule has 5 nitrogen and oxygen atoms in total. The molecule has 0 aliphatic carbocycles. The third kappa shape index (κ3) is 4.26. The molecule has 1 amide bonds. The van der Waals surface area contributed by atoms with E-state index in [1.807, 2.05) is 0 Å². The summed E-state index contributed by atoms with van der Waals surface area (Å²) in [6.45, 7) is 1.12. The minimum atomic E-state index is -0.853. The highest BCUT2D eigenvalue weighted by Gasteiger charge is 2.14. The van der Waals surface area contributed by atoms with E-state index in [0.29, 0.717) is 5.56 Å². The third-order valence-electron chi connectivity index (χ3n) is 3.04. The standard InChI is InChI=1S/C16H14F2N2O3/c1-9-2-3-11(18)7-14(9)20-15(21)8-23-16(22)12-5-4-10(17)6-13(12)19/h2-7H,8,19H2,1H3,(H,20,21). The first-order chi connectivity index (χ1) is 10.9. The van der Waals surface area contributed by atoms with Crippen molar-refractivity contribution >= 4 is 23.3 Å². The zero-order valence-electron chi connectivity index (χ0n) is 12.2. The zero-order valence-corrected chi connectivity index (χ0v) is 12.2. The van der Waals surface area contributed by atoms with Crippen LogP contribution in [0.1, 0.15) is 15.9 Å². The van der Waals surface area contributed by atoms with Crippen LogP contribution in [0, 0.1) is 18.6 Å². The summed E-state index contributed by atoms with van der Waals surface area (Å²) in [5, 5.41) is 2.43. The average Bonchev–Trinajstić information content (AvgIpc) is 2.48. The topological polar surface area (TPSA) is 81.4 Å². The fourth-order valence-electron chi connectivity index (χ4n) is 1.84. The Morgan fingerprint density at radius 3 is 2.48 bits per heavy atom. The Balaban J connectivity index is 1.96. The second-order valence-corrected chi connectivity index (χ2v) is 4.82. The van der Waals surface area contributed by atoms with Gasteiger partial charge < -0.3 is 15.8 Å². The number of halogens is 2. The molecule has 0 radical (unpaired) electrons. The summed E-state index contributed by atoms with van der Waals surface area (Å²) >= 11 is 0. The predicted molar refractivity (Wildman–Crippen MR) is 80.9 cm³/mol. The number of carbonyl (C=O) groups is 2. The highest BCUT2D eigenvalue weighted by atomic mass is 19.1. The van der Waals surface area contributed by atoms with E-state index in [-0.39, 0.29) is 16.9 Å². The van der Waals surface area contributed by atoms with E-state index in [9.17, 15) is 18.4 Å². The molecule has 0 spiro atoms. The molecular formula is C16H14F2N2O3. The summed E-state index contributed by atoms with van der Waals surface area (Å²) in [4.78, 5) is 23.5. The number of amides is 1. The zero-order chi connectivity index (χ0) is 17.0. The van der Waals surface area contributed by atoms with Crippen molar-refractivity contribution in [1.29, 1.82) is 0 Å². The van der Waals surface area contributed by atoms with Gasteiger partial charge in [0.1, 0.15) is 11.6 Å². The van der Waals surface area contributed by atoms with Crippen LogP contribution < -0.4 is 11.1 Å². The van der Waals surface area contributed by atoms with Crippen LogP contribution in [-0.4, -0.2) is 18.5 Å². The van der Waals surface area contributed by atoms with E-state index in [0.717, 1.165) is 18.2 Å². The fraction of sp³-hybridized carbons (Fsp3) is 0.125. The Kier molecular flexibility index (Phi) is 4.90. The molecule has 23 heavy (non-hydrogen) atoms. The van der Waals surface area contributed by atoms with Crippen LogP contribution in [0.5, 0.6) is 0 Å². The summed E-state index contributed by atoms with van der Waals surface area (Å²) in [5.74, 6) is -2.57. The molecule has 0 aromatic heterocycles. The van der Waals surface area contributed by atoms with E-state index in [1.54, 1.807) is 6.92 Å². The number of nitrogens with two attached hydrogens (primary N) is 1. The lowest BCUT2D eigenvalue weighted by atomic mass is 10.2. The lowest BCUT2D eigenvalue weighted by Crippen LogP contribution is -2.21. The molecule has 3 N–H and O–H groups in total. The molecule has 0 atom stereocenters. The highest BCUT2D eigenvalue weighted by molar-refractivity contribution is 5.98. The van der Waals surface area contributed by atoms with Crippen molar-refractivity contribution in [2.24, 2.45) is 0 Å². The molecule has 2 rings (SSSR count). The van der Waals surface area contributed by atoms with Crippen LogP contribution in [-0.2, 0) is 9.53 Å². The van der Waals surface area contributed by atoms with Crippen LogP contribution in [0.15, 0.2) is 36.4 Å². The Labute approximate surface area is 131 Å². The summed E-state index contributed by atoms with van der Waals surface area (Å²) in [7, 11) is 0. The van der Waals surface area contributed by atoms with Gasteiger partial charge in [0.05, 0.1) is 5.56 Å². The minimum Gasteiger partial charge on any atom is -0.452 e. The summed E-state index contributed by atoms with van der Waals surface area (Å²) in [5.41, 5.74) is 6.32. The number of anilines is 2. The highest BCUT2D eigenvalue weighted by Crippen LogP contribution is 2.17. The van der Waals surface area contributed by atoms with Gasteiger partial charge in [0.25, 0.3) is 5.91 Å². The van der Waals surface area contributed by atoms with E-state index < -0.39 is 30.1 Å². The van der Waals surface area contributed by atoms with E-state index in [4.69, 9.17) is 10.5 Å². The van der Waals surface area contributed by atoms with Crippen LogP contribution in [0.4, 0.5) is 20.2 Å². The number of esters is 1. The second-order valence-electron chi connectivity index (χ2n) is 4.82. The largest absolute Gasteiger partial charge is 0.452 e. The van der Waals surface area contributed by atoms with Crippen molar-refractivity contribution in [1.82, 2.24) is 0 Å². The van der Waals surface area contributed by atoms with Gasteiger partial charge in [-0.05, 0) is 42.8 Å². The third-order valence-corrected chi connectivity index (χ3v) is 3.04. The smallest absolute Gasteiger partial charge is 0.340 e. The molecule has 2 aromatic carbocycles. The van der Waals surface area contributed by atoms with Gasteiger partial charge in [-0.15, -0.1) is 0 Å². The van der Waals surface area contributed by atoms with Crippen molar-refractivity contribution < 1.29 is 23.1 Å². The molecular weight excluding hydrogens is 306 g/mol. The SMILES string of the molecule is Cc1ccc(F)cc1NC(=O)COC(=O)c1ccc(F)cc1N. The number of rotatable bonds is 4. The van der Waals surface area contributed by atoms with Crippen LogP contribution >= 0.6 is 0 Å². The van der Waals surface area contributed by atoms with Gasteiger partial charge in [0.15, 0.2) is 6.61 Å². The lowest BCUT2D eigenvalue weighted by molar-refractivity contribution is -0.119. The number of hydrogen-bond acceptors (Lipinski definition) is 4. The molecule has 0 bridgehead atoms. The number of benzene rings is 2. The van der Waals surface area contributed by atoms with Gasteiger partial charge in [0, 0.05) is 11.4 Å². The Morgan fingerprint density at radius 2 is 1.78 bits per heavy atom. The number of ether oxygens (including phenoxy) is 1. The fourth-order valence-corrected chi connectivity index (χ4v) is 1.84. The number of hydrogen-bond donors (Lipinski definition) is 2. The Morgan fingerprint density at radius 1 is 1.13 bits per heavy atom. The van der Waals surface area contributed by atoms with Gasteiger partial charge in [0.2, 0.25) is 0 Å². The van der Waals surface area contributed by atoms with Gasteiger partial charge >= 0.3 is 5.97 Å².